The van der Waals surface area contributed by atoms with Crippen LogP contribution in [0, 0.1) is 5.92 Å². The molecule has 0 heterocycles. The van der Waals surface area contributed by atoms with Crippen LogP contribution in [0.4, 0.5) is 5.69 Å². The molecule has 0 aliphatic rings. The highest BCUT2D eigenvalue weighted by Gasteiger charge is 2.17. The first-order chi connectivity index (χ1) is 9.35. The molecule has 5 nitrogen and oxygen atoms in total. The summed E-state index contributed by atoms with van der Waals surface area (Å²) in [4.78, 5) is 13.4. The average molecular weight is 295 g/mol. The van der Waals surface area contributed by atoms with Crippen molar-refractivity contribution < 1.29 is 9.53 Å². The van der Waals surface area contributed by atoms with Gasteiger partial charge in [0.1, 0.15) is 10.7 Å². The largest absolute Gasteiger partial charge is 0.497 e. The zero-order chi connectivity index (χ0) is 15.3. The van der Waals surface area contributed by atoms with Gasteiger partial charge in [0.25, 0.3) is 0 Å². The number of methoxy groups -OCH3 is 1. The Bertz CT molecular complexity index is 503. The first-order valence-electron chi connectivity index (χ1n) is 6.36. The quantitative estimate of drug-likeness (QED) is 0.741. The van der Waals surface area contributed by atoms with Crippen LogP contribution in [-0.4, -0.2) is 31.1 Å². The van der Waals surface area contributed by atoms with Gasteiger partial charge in [-0.1, -0.05) is 26.1 Å². The second-order valence-corrected chi connectivity index (χ2v) is 5.43. The Morgan fingerprint density at radius 1 is 1.40 bits per heavy atom. The summed E-state index contributed by atoms with van der Waals surface area (Å²) in [5, 5.41) is 0. The number of primary amides is 1. The van der Waals surface area contributed by atoms with Crippen LogP contribution in [0.3, 0.4) is 0 Å². The lowest BCUT2D eigenvalue weighted by Gasteiger charge is -2.27. The second kappa shape index (κ2) is 7.09. The lowest BCUT2D eigenvalue weighted by Crippen LogP contribution is -2.37. The maximum Gasteiger partial charge on any atom is 0.236 e. The molecule has 1 aromatic carbocycles. The Balaban J connectivity index is 3.27. The Labute approximate surface area is 124 Å². The van der Waals surface area contributed by atoms with Crippen LogP contribution in [0.2, 0.25) is 0 Å². The summed E-state index contributed by atoms with van der Waals surface area (Å²) in [5.41, 5.74) is 12.6. The van der Waals surface area contributed by atoms with E-state index in [1.165, 1.54) is 0 Å². The number of ether oxygens (including phenoxy) is 1. The zero-order valence-electron chi connectivity index (χ0n) is 12.1. The Kier molecular flexibility index (Phi) is 5.76. The number of hydrogen-bond acceptors (Lipinski definition) is 4. The zero-order valence-corrected chi connectivity index (χ0v) is 12.9. The lowest BCUT2D eigenvalue weighted by atomic mass is 10.1. The van der Waals surface area contributed by atoms with E-state index in [9.17, 15) is 4.79 Å². The third kappa shape index (κ3) is 4.38. The minimum atomic E-state index is -0.401. The summed E-state index contributed by atoms with van der Waals surface area (Å²) in [7, 11) is 1.58. The molecule has 0 aliphatic carbocycles. The minimum absolute atomic E-state index is 0.112. The number of carbonyl (C=O) groups excluding carboxylic acids is 1. The SMILES string of the molecule is COc1ccc(C(N)=S)c(N(CC(N)=O)CC(C)C)c1. The topological polar surface area (TPSA) is 81.6 Å². The molecule has 4 N–H and O–H groups in total. The number of anilines is 1. The molecular formula is C14H21N3O2S. The van der Waals surface area contributed by atoms with E-state index in [1.807, 2.05) is 11.0 Å². The number of rotatable bonds is 7. The predicted molar refractivity (Wildman–Crippen MR) is 85.1 cm³/mol. The highest BCUT2D eigenvalue weighted by Crippen LogP contribution is 2.27. The highest BCUT2D eigenvalue weighted by molar-refractivity contribution is 7.80. The fraction of sp³-hybridized carbons (Fsp3) is 0.429. The number of nitrogens with zero attached hydrogens (tertiary/aromatic N) is 1. The number of carbonyl (C=O) groups is 1. The van der Waals surface area contributed by atoms with Crippen molar-refractivity contribution in [3.8, 4) is 5.75 Å². The van der Waals surface area contributed by atoms with Crippen molar-refractivity contribution in [3.63, 3.8) is 0 Å². The van der Waals surface area contributed by atoms with Gasteiger partial charge in [-0.15, -0.1) is 0 Å². The number of benzene rings is 1. The second-order valence-electron chi connectivity index (χ2n) is 4.99. The molecule has 6 heteroatoms. The number of hydrogen-bond donors (Lipinski definition) is 2. The van der Waals surface area contributed by atoms with Crippen LogP contribution in [0.1, 0.15) is 19.4 Å². The third-order valence-corrected chi connectivity index (χ3v) is 2.96. The van der Waals surface area contributed by atoms with Gasteiger partial charge >= 0.3 is 0 Å². The van der Waals surface area contributed by atoms with Gasteiger partial charge in [0.15, 0.2) is 0 Å². The standard InChI is InChI=1S/C14H21N3O2S/c1-9(2)7-17(8-13(15)18)12-6-10(19-3)4-5-11(12)14(16)20/h4-6,9H,7-8H2,1-3H3,(H2,15,18)(H2,16,20). The van der Waals surface area contributed by atoms with E-state index in [0.717, 1.165) is 5.69 Å². The molecule has 0 unspecified atom stereocenters. The van der Waals surface area contributed by atoms with Crippen LogP contribution >= 0.6 is 12.2 Å². The Morgan fingerprint density at radius 3 is 2.50 bits per heavy atom. The van der Waals surface area contributed by atoms with Crippen LogP contribution in [-0.2, 0) is 4.79 Å². The first kappa shape index (κ1) is 16.2. The monoisotopic (exact) mass is 295 g/mol. The number of nitrogens with two attached hydrogens (primary N) is 2. The fourth-order valence-electron chi connectivity index (χ4n) is 1.99. The number of amides is 1. The van der Waals surface area contributed by atoms with E-state index in [-0.39, 0.29) is 11.5 Å². The van der Waals surface area contributed by atoms with Gasteiger partial charge in [0, 0.05) is 18.2 Å². The van der Waals surface area contributed by atoms with Crippen LogP contribution < -0.4 is 21.1 Å². The van der Waals surface area contributed by atoms with Crippen molar-refractivity contribution in [1.29, 1.82) is 0 Å². The molecule has 0 spiro atoms. The summed E-state index contributed by atoms with van der Waals surface area (Å²) in [6, 6.07) is 5.40. The molecule has 1 rings (SSSR count). The molecule has 0 saturated heterocycles. The van der Waals surface area contributed by atoms with Gasteiger partial charge < -0.3 is 21.1 Å². The third-order valence-electron chi connectivity index (χ3n) is 2.74. The van der Waals surface area contributed by atoms with Gasteiger partial charge in [-0.25, -0.2) is 0 Å². The van der Waals surface area contributed by atoms with Gasteiger partial charge in [-0.3, -0.25) is 4.79 Å². The van der Waals surface area contributed by atoms with Crippen LogP contribution in [0.15, 0.2) is 18.2 Å². The van der Waals surface area contributed by atoms with Gasteiger partial charge in [0.05, 0.1) is 19.3 Å². The predicted octanol–water partition coefficient (Wildman–Crippen LogP) is 1.28. The molecule has 0 aromatic heterocycles. The molecule has 0 atom stereocenters. The summed E-state index contributed by atoms with van der Waals surface area (Å²) >= 11 is 5.07. The van der Waals surface area contributed by atoms with Crippen molar-refractivity contribution in [1.82, 2.24) is 0 Å². The molecule has 110 valence electrons. The highest BCUT2D eigenvalue weighted by atomic mass is 32.1. The van der Waals surface area contributed by atoms with E-state index in [2.05, 4.69) is 13.8 Å². The summed E-state index contributed by atoms with van der Waals surface area (Å²) in [6.45, 7) is 4.91. The summed E-state index contributed by atoms with van der Waals surface area (Å²) in [5.74, 6) is 0.639. The Morgan fingerprint density at radius 2 is 2.05 bits per heavy atom. The minimum Gasteiger partial charge on any atom is -0.497 e. The molecular weight excluding hydrogens is 274 g/mol. The molecule has 0 radical (unpaired) electrons. The van der Waals surface area contributed by atoms with Gasteiger partial charge in [-0.2, -0.15) is 0 Å². The number of thiocarbonyl (C=S) groups is 1. The maximum atomic E-state index is 11.3. The molecule has 0 fully saturated rings. The smallest absolute Gasteiger partial charge is 0.236 e. The molecule has 1 amide bonds. The van der Waals surface area contributed by atoms with E-state index in [1.54, 1.807) is 19.2 Å². The van der Waals surface area contributed by atoms with Gasteiger partial charge in [0.2, 0.25) is 5.91 Å². The first-order valence-corrected chi connectivity index (χ1v) is 6.77. The summed E-state index contributed by atoms with van der Waals surface area (Å²) < 4.78 is 5.22. The van der Waals surface area contributed by atoms with Crippen molar-refractivity contribution >= 4 is 28.8 Å². The summed E-state index contributed by atoms with van der Waals surface area (Å²) in [6.07, 6.45) is 0. The molecule has 20 heavy (non-hydrogen) atoms. The molecule has 0 aliphatic heterocycles. The molecule has 1 aromatic rings. The van der Waals surface area contributed by atoms with E-state index < -0.39 is 5.91 Å². The van der Waals surface area contributed by atoms with E-state index in [4.69, 9.17) is 28.4 Å². The van der Waals surface area contributed by atoms with Gasteiger partial charge in [-0.05, 0) is 18.1 Å². The lowest BCUT2D eigenvalue weighted by molar-refractivity contribution is -0.116. The average Bonchev–Trinajstić information content (AvgIpc) is 2.36. The molecule has 0 bridgehead atoms. The van der Waals surface area contributed by atoms with Crippen molar-refractivity contribution in [3.05, 3.63) is 23.8 Å². The Hall–Kier alpha value is -1.82. The van der Waals surface area contributed by atoms with Crippen molar-refractivity contribution in [2.45, 2.75) is 13.8 Å². The maximum absolute atomic E-state index is 11.3. The van der Waals surface area contributed by atoms with E-state index >= 15 is 0 Å². The molecule has 0 saturated carbocycles. The van der Waals surface area contributed by atoms with Crippen LogP contribution in [0.25, 0.3) is 0 Å². The van der Waals surface area contributed by atoms with E-state index in [0.29, 0.717) is 23.8 Å². The van der Waals surface area contributed by atoms with Crippen LogP contribution in [0.5, 0.6) is 5.75 Å². The van der Waals surface area contributed by atoms with Crippen molar-refractivity contribution in [2.24, 2.45) is 17.4 Å². The van der Waals surface area contributed by atoms with Crippen molar-refractivity contribution in [2.75, 3.05) is 25.1 Å². The fourth-order valence-corrected chi connectivity index (χ4v) is 2.16. The normalized spacial score (nSPS) is 10.4.